The van der Waals surface area contributed by atoms with Crippen molar-refractivity contribution in [2.24, 2.45) is 0 Å². The first-order valence-electron chi connectivity index (χ1n) is 9.33. The molecule has 0 radical (unpaired) electrons. The number of nitrogens with zero attached hydrogens (tertiary/aromatic N) is 1. The molecule has 3 aromatic rings. The van der Waals surface area contributed by atoms with Crippen LogP contribution in [0.2, 0.25) is 0 Å². The number of methoxy groups -OCH3 is 2. The number of urea groups is 1. The van der Waals surface area contributed by atoms with E-state index in [4.69, 9.17) is 9.47 Å². The molecule has 1 aromatic heterocycles. The van der Waals surface area contributed by atoms with E-state index in [1.54, 1.807) is 12.0 Å². The van der Waals surface area contributed by atoms with Crippen molar-refractivity contribution in [3.8, 4) is 11.5 Å². The molecule has 0 aliphatic carbocycles. The molecule has 6 nitrogen and oxygen atoms in total. The van der Waals surface area contributed by atoms with Crippen molar-refractivity contribution < 1.29 is 18.7 Å². The van der Waals surface area contributed by atoms with E-state index in [0.29, 0.717) is 25.3 Å². The fourth-order valence-corrected chi connectivity index (χ4v) is 3.51. The molecule has 29 heavy (non-hydrogen) atoms. The van der Waals surface area contributed by atoms with Crippen molar-refractivity contribution in [3.63, 3.8) is 0 Å². The van der Waals surface area contributed by atoms with Crippen LogP contribution in [-0.4, -0.2) is 43.2 Å². The number of ether oxygens (including phenoxy) is 2. The summed E-state index contributed by atoms with van der Waals surface area (Å²) in [7, 11) is 3.14. The van der Waals surface area contributed by atoms with E-state index in [9.17, 15) is 9.18 Å². The first-order valence-corrected chi connectivity index (χ1v) is 9.33. The largest absolute Gasteiger partial charge is 0.497 e. The molecule has 2 aromatic carbocycles. The third-order valence-corrected chi connectivity index (χ3v) is 5.15. The van der Waals surface area contributed by atoms with E-state index in [1.165, 1.54) is 30.9 Å². The maximum absolute atomic E-state index is 14.0. The highest BCUT2D eigenvalue weighted by Gasteiger charge is 2.20. The van der Waals surface area contributed by atoms with Gasteiger partial charge in [-0.25, -0.2) is 9.18 Å². The van der Waals surface area contributed by atoms with Crippen LogP contribution in [0.1, 0.15) is 12.0 Å². The Labute approximate surface area is 167 Å². The molecule has 1 aliphatic heterocycles. The lowest BCUT2D eigenvalue weighted by molar-refractivity contribution is 0.217. The number of benzene rings is 2. The van der Waals surface area contributed by atoms with Gasteiger partial charge in [0.25, 0.3) is 0 Å². The number of hydrogen-bond acceptors (Lipinski definition) is 3. The van der Waals surface area contributed by atoms with Crippen LogP contribution in [-0.2, 0) is 0 Å². The number of halogens is 1. The summed E-state index contributed by atoms with van der Waals surface area (Å²) in [5.74, 6) is 0.786. The SMILES string of the molecule is COc1ccc(F)c(NC(=O)N2CC=C(c3c[nH]c4ccc(OC)cc34)CC2)c1. The van der Waals surface area contributed by atoms with Crippen molar-refractivity contribution in [2.75, 3.05) is 32.6 Å². The van der Waals surface area contributed by atoms with Crippen molar-refractivity contribution in [3.05, 3.63) is 60.1 Å². The lowest BCUT2D eigenvalue weighted by Crippen LogP contribution is -2.38. The minimum Gasteiger partial charge on any atom is -0.497 e. The first kappa shape index (κ1) is 18.9. The van der Waals surface area contributed by atoms with Crippen LogP contribution < -0.4 is 14.8 Å². The van der Waals surface area contributed by atoms with E-state index >= 15 is 0 Å². The highest BCUT2D eigenvalue weighted by molar-refractivity contribution is 5.95. The van der Waals surface area contributed by atoms with E-state index < -0.39 is 5.82 Å². The monoisotopic (exact) mass is 395 g/mol. The molecule has 7 heteroatoms. The summed E-state index contributed by atoms with van der Waals surface area (Å²) >= 11 is 0. The van der Waals surface area contributed by atoms with Crippen LogP contribution in [0.3, 0.4) is 0 Å². The van der Waals surface area contributed by atoms with E-state index in [1.807, 2.05) is 30.5 Å². The number of nitrogens with one attached hydrogen (secondary N) is 2. The predicted octanol–water partition coefficient (Wildman–Crippen LogP) is 4.65. The van der Waals surface area contributed by atoms with Gasteiger partial charge < -0.3 is 24.7 Å². The zero-order valence-electron chi connectivity index (χ0n) is 16.3. The van der Waals surface area contributed by atoms with E-state index in [2.05, 4.69) is 10.3 Å². The van der Waals surface area contributed by atoms with Crippen LogP contribution in [0.5, 0.6) is 11.5 Å². The van der Waals surface area contributed by atoms with Gasteiger partial charge in [-0.2, -0.15) is 0 Å². The molecule has 4 rings (SSSR count). The van der Waals surface area contributed by atoms with Gasteiger partial charge in [-0.1, -0.05) is 6.08 Å². The van der Waals surface area contributed by atoms with Gasteiger partial charge in [0.15, 0.2) is 0 Å². The second-order valence-corrected chi connectivity index (χ2v) is 6.82. The summed E-state index contributed by atoms with van der Waals surface area (Å²) in [6.07, 6.45) is 4.72. The lowest BCUT2D eigenvalue weighted by Gasteiger charge is -2.27. The first-order chi connectivity index (χ1) is 14.1. The predicted molar refractivity (Wildman–Crippen MR) is 111 cm³/mol. The van der Waals surface area contributed by atoms with Gasteiger partial charge in [0.2, 0.25) is 0 Å². The van der Waals surface area contributed by atoms with Crippen molar-refractivity contribution in [2.45, 2.75) is 6.42 Å². The maximum Gasteiger partial charge on any atom is 0.322 e. The Hall–Kier alpha value is -3.48. The molecule has 150 valence electrons. The van der Waals surface area contributed by atoms with Crippen molar-refractivity contribution in [1.29, 1.82) is 0 Å². The Morgan fingerprint density at radius 2 is 1.90 bits per heavy atom. The number of aromatic nitrogens is 1. The minimum atomic E-state index is -0.500. The normalized spacial score (nSPS) is 13.9. The Balaban J connectivity index is 1.49. The molecule has 0 bridgehead atoms. The van der Waals surface area contributed by atoms with Gasteiger partial charge in [0, 0.05) is 41.8 Å². The van der Waals surface area contributed by atoms with E-state index in [-0.39, 0.29) is 11.7 Å². The van der Waals surface area contributed by atoms with Gasteiger partial charge in [-0.3, -0.25) is 0 Å². The summed E-state index contributed by atoms with van der Waals surface area (Å²) in [6.45, 7) is 0.989. The topological polar surface area (TPSA) is 66.6 Å². The van der Waals surface area contributed by atoms with Gasteiger partial charge in [0.1, 0.15) is 17.3 Å². The number of rotatable bonds is 4. The molecule has 0 saturated heterocycles. The number of carbonyl (C=O) groups is 1. The molecule has 0 saturated carbocycles. The molecule has 0 spiro atoms. The third-order valence-electron chi connectivity index (χ3n) is 5.15. The summed E-state index contributed by atoms with van der Waals surface area (Å²) < 4.78 is 24.4. The average Bonchev–Trinajstić information content (AvgIpc) is 3.18. The fraction of sp³-hybridized carbons (Fsp3) is 0.227. The summed E-state index contributed by atoms with van der Waals surface area (Å²) in [6, 6.07) is 9.83. The number of hydrogen-bond donors (Lipinski definition) is 2. The molecule has 2 N–H and O–H groups in total. The number of H-pyrrole nitrogens is 1. The zero-order valence-corrected chi connectivity index (χ0v) is 16.3. The fourth-order valence-electron chi connectivity index (χ4n) is 3.51. The summed E-state index contributed by atoms with van der Waals surface area (Å²) in [5.41, 5.74) is 3.42. The average molecular weight is 395 g/mol. The second kappa shape index (κ2) is 7.87. The standard InChI is InChI=1S/C22H22FN3O3/c1-28-15-4-6-20-17(11-15)18(13-24-20)14-7-9-26(10-8-14)22(27)25-21-12-16(29-2)3-5-19(21)23/h3-7,11-13,24H,8-10H2,1-2H3,(H,25,27). The van der Waals surface area contributed by atoms with Gasteiger partial charge >= 0.3 is 6.03 Å². The van der Waals surface area contributed by atoms with Crippen LogP contribution in [0.4, 0.5) is 14.9 Å². The highest BCUT2D eigenvalue weighted by atomic mass is 19.1. The number of carbonyl (C=O) groups excluding carboxylic acids is 1. The highest BCUT2D eigenvalue weighted by Crippen LogP contribution is 2.31. The Morgan fingerprint density at radius 3 is 2.62 bits per heavy atom. The quantitative estimate of drug-likeness (QED) is 0.676. The Bertz CT molecular complexity index is 1090. The maximum atomic E-state index is 14.0. The van der Waals surface area contributed by atoms with E-state index in [0.717, 1.165) is 22.2 Å². The van der Waals surface area contributed by atoms with Crippen LogP contribution >= 0.6 is 0 Å². The molecule has 1 aliphatic rings. The van der Waals surface area contributed by atoms with Gasteiger partial charge in [-0.15, -0.1) is 0 Å². The molecule has 2 heterocycles. The Kier molecular flexibility index (Phi) is 5.12. The number of amides is 2. The zero-order chi connectivity index (χ0) is 20.4. The second-order valence-electron chi connectivity index (χ2n) is 6.82. The number of anilines is 1. The molecular formula is C22H22FN3O3. The summed E-state index contributed by atoms with van der Waals surface area (Å²) in [4.78, 5) is 17.5. The minimum absolute atomic E-state index is 0.104. The molecular weight excluding hydrogens is 373 g/mol. The number of fused-ring (bicyclic) bond motifs is 1. The van der Waals surface area contributed by atoms with Crippen LogP contribution in [0, 0.1) is 5.82 Å². The molecule has 0 fully saturated rings. The Morgan fingerprint density at radius 1 is 1.14 bits per heavy atom. The van der Waals surface area contributed by atoms with Crippen molar-refractivity contribution in [1.82, 2.24) is 9.88 Å². The van der Waals surface area contributed by atoms with Gasteiger partial charge in [-0.05, 0) is 42.3 Å². The molecule has 0 unspecified atom stereocenters. The molecule has 2 amide bonds. The summed E-state index contributed by atoms with van der Waals surface area (Å²) in [5, 5.41) is 3.72. The smallest absolute Gasteiger partial charge is 0.322 e. The van der Waals surface area contributed by atoms with Crippen LogP contribution in [0.15, 0.2) is 48.7 Å². The third kappa shape index (κ3) is 3.76. The lowest BCUT2D eigenvalue weighted by atomic mass is 9.99. The van der Waals surface area contributed by atoms with Crippen molar-refractivity contribution >= 4 is 28.2 Å². The molecule has 0 atom stereocenters. The van der Waals surface area contributed by atoms with Crippen LogP contribution in [0.25, 0.3) is 16.5 Å². The van der Waals surface area contributed by atoms with Gasteiger partial charge in [0.05, 0.1) is 19.9 Å². The number of aromatic amines is 1.